The van der Waals surface area contributed by atoms with Crippen LogP contribution in [0.5, 0.6) is 17.2 Å². The number of methoxy groups -OCH3 is 1. The zero-order valence-electron chi connectivity index (χ0n) is 16.5. The first-order valence-electron chi connectivity index (χ1n) is 9.35. The van der Waals surface area contributed by atoms with Crippen molar-refractivity contribution in [3.05, 3.63) is 58.1 Å². The van der Waals surface area contributed by atoms with Crippen LogP contribution < -0.4 is 9.47 Å². The molecule has 3 rings (SSSR count). The molecule has 1 saturated heterocycles. The Morgan fingerprint density at radius 3 is 2.57 bits per heavy atom. The molecule has 0 bridgehead atoms. The molecule has 0 spiro atoms. The number of hydrogen-bond acceptors (Lipinski definition) is 6. The number of phenols is 1. The highest BCUT2D eigenvalue weighted by molar-refractivity contribution is 9.10. The van der Waals surface area contributed by atoms with E-state index in [0.29, 0.717) is 53.4 Å². The van der Waals surface area contributed by atoms with Crippen molar-refractivity contribution in [3.8, 4) is 17.2 Å². The summed E-state index contributed by atoms with van der Waals surface area (Å²) in [5.41, 5.74) is 1.19. The molecule has 8 heteroatoms. The van der Waals surface area contributed by atoms with Gasteiger partial charge in [-0.2, -0.15) is 0 Å². The Morgan fingerprint density at radius 1 is 1.20 bits per heavy atom. The maximum Gasteiger partial charge on any atom is 0.260 e. The number of aromatic hydroxyl groups is 1. The first-order chi connectivity index (χ1) is 14.5. The highest BCUT2D eigenvalue weighted by atomic mass is 79.9. The van der Waals surface area contributed by atoms with Gasteiger partial charge in [0.2, 0.25) is 0 Å². The fourth-order valence-corrected chi connectivity index (χ4v) is 3.34. The van der Waals surface area contributed by atoms with Crippen molar-refractivity contribution in [1.29, 1.82) is 0 Å². The molecule has 0 radical (unpaired) electrons. The van der Waals surface area contributed by atoms with Crippen LogP contribution in [0.1, 0.15) is 15.9 Å². The van der Waals surface area contributed by atoms with Crippen molar-refractivity contribution in [3.63, 3.8) is 0 Å². The van der Waals surface area contributed by atoms with Crippen molar-refractivity contribution >= 4 is 33.7 Å². The summed E-state index contributed by atoms with van der Waals surface area (Å²) in [5, 5.41) is 9.85. The second kappa shape index (κ2) is 10.3. The Kier molecular flexibility index (Phi) is 7.48. The molecule has 0 aromatic heterocycles. The molecule has 1 fully saturated rings. The van der Waals surface area contributed by atoms with Gasteiger partial charge in [-0.25, -0.2) is 0 Å². The number of carbonyl (C=O) groups excluding carboxylic acids is 2. The van der Waals surface area contributed by atoms with E-state index in [2.05, 4.69) is 15.9 Å². The minimum Gasteiger partial charge on any atom is -0.503 e. The quantitative estimate of drug-likeness (QED) is 0.488. The standard InChI is InChI=1S/C22H22BrNO6/c1-28-20-13-15(12-18(23)22(20)27)2-7-19(25)16-3-5-17(6-4-16)30-14-21(26)24-8-10-29-11-9-24/h2-7,12-13,27H,8-11,14H2,1H3. The number of hydrogen-bond donors (Lipinski definition) is 1. The zero-order chi connectivity index (χ0) is 21.5. The summed E-state index contributed by atoms with van der Waals surface area (Å²) in [6.45, 7) is 2.19. The van der Waals surface area contributed by atoms with E-state index in [9.17, 15) is 14.7 Å². The number of phenolic OH excluding ortho intramolecular Hbond substituents is 1. The third-order valence-electron chi connectivity index (χ3n) is 4.56. The second-order valence-electron chi connectivity index (χ2n) is 6.56. The first-order valence-corrected chi connectivity index (χ1v) is 10.1. The summed E-state index contributed by atoms with van der Waals surface area (Å²) in [7, 11) is 1.46. The van der Waals surface area contributed by atoms with Crippen LogP contribution in [0.3, 0.4) is 0 Å². The monoisotopic (exact) mass is 475 g/mol. The van der Waals surface area contributed by atoms with Gasteiger partial charge in [-0.3, -0.25) is 9.59 Å². The predicted octanol–water partition coefficient (Wildman–Crippen LogP) is 3.30. The molecule has 1 aliphatic heterocycles. The molecule has 0 saturated carbocycles. The molecule has 1 heterocycles. The predicted molar refractivity (Wildman–Crippen MR) is 115 cm³/mol. The van der Waals surface area contributed by atoms with Crippen LogP contribution >= 0.6 is 15.9 Å². The van der Waals surface area contributed by atoms with Crippen LogP contribution in [0.25, 0.3) is 6.08 Å². The normalized spacial score (nSPS) is 14.0. The van der Waals surface area contributed by atoms with Crippen LogP contribution in [0.2, 0.25) is 0 Å². The summed E-state index contributed by atoms with van der Waals surface area (Å²) in [6, 6.07) is 9.93. The largest absolute Gasteiger partial charge is 0.503 e. The van der Waals surface area contributed by atoms with E-state index in [1.807, 2.05) is 0 Å². The first kappa shape index (κ1) is 21.9. The lowest BCUT2D eigenvalue weighted by atomic mass is 10.1. The zero-order valence-corrected chi connectivity index (χ0v) is 18.1. The molecule has 1 aliphatic rings. The van der Waals surface area contributed by atoms with E-state index in [0.717, 1.165) is 0 Å². The number of ketones is 1. The summed E-state index contributed by atoms with van der Waals surface area (Å²) < 4.78 is 16.3. The molecule has 2 aromatic carbocycles. The number of rotatable bonds is 7. The number of carbonyl (C=O) groups is 2. The van der Waals surface area contributed by atoms with Gasteiger partial charge in [-0.05, 0) is 64.0 Å². The summed E-state index contributed by atoms with van der Waals surface area (Å²) in [6.07, 6.45) is 3.08. The van der Waals surface area contributed by atoms with Gasteiger partial charge in [0, 0.05) is 18.7 Å². The van der Waals surface area contributed by atoms with Gasteiger partial charge in [0.05, 0.1) is 24.8 Å². The van der Waals surface area contributed by atoms with Gasteiger partial charge in [-0.1, -0.05) is 6.08 Å². The van der Waals surface area contributed by atoms with Gasteiger partial charge >= 0.3 is 0 Å². The van der Waals surface area contributed by atoms with Crippen molar-refractivity contribution in [2.45, 2.75) is 0 Å². The fourth-order valence-electron chi connectivity index (χ4n) is 2.88. The van der Waals surface area contributed by atoms with Crippen molar-refractivity contribution in [2.75, 3.05) is 40.0 Å². The number of nitrogens with zero attached hydrogens (tertiary/aromatic N) is 1. The van der Waals surface area contributed by atoms with Crippen LogP contribution in [-0.2, 0) is 9.53 Å². The van der Waals surface area contributed by atoms with Gasteiger partial charge in [-0.15, -0.1) is 0 Å². The Labute approximate surface area is 183 Å². The van der Waals surface area contributed by atoms with Crippen molar-refractivity contribution in [2.24, 2.45) is 0 Å². The topological polar surface area (TPSA) is 85.3 Å². The third-order valence-corrected chi connectivity index (χ3v) is 5.17. The lowest BCUT2D eigenvalue weighted by Gasteiger charge is -2.26. The molecule has 1 amide bonds. The smallest absolute Gasteiger partial charge is 0.260 e. The maximum atomic E-state index is 12.4. The van der Waals surface area contributed by atoms with E-state index < -0.39 is 0 Å². The highest BCUT2D eigenvalue weighted by Crippen LogP contribution is 2.35. The Morgan fingerprint density at radius 2 is 1.90 bits per heavy atom. The van der Waals surface area contributed by atoms with E-state index >= 15 is 0 Å². The highest BCUT2D eigenvalue weighted by Gasteiger charge is 2.17. The molecule has 30 heavy (non-hydrogen) atoms. The molecule has 158 valence electrons. The third kappa shape index (κ3) is 5.61. The van der Waals surface area contributed by atoms with Crippen LogP contribution in [0.15, 0.2) is 46.9 Å². The van der Waals surface area contributed by atoms with E-state index in [1.54, 1.807) is 47.4 Å². The van der Waals surface area contributed by atoms with Crippen LogP contribution in [0, 0.1) is 0 Å². The number of benzene rings is 2. The lowest BCUT2D eigenvalue weighted by Crippen LogP contribution is -2.42. The Bertz CT molecular complexity index is 935. The molecular weight excluding hydrogens is 454 g/mol. The lowest BCUT2D eigenvalue weighted by molar-refractivity contribution is -0.137. The molecule has 2 aromatic rings. The number of amides is 1. The van der Waals surface area contributed by atoms with Crippen LogP contribution in [-0.4, -0.2) is 61.7 Å². The Hall–Kier alpha value is -2.84. The number of ether oxygens (including phenoxy) is 3. The summed E-state index contributed by atoms with van der Waals surface area (Å²) in [4.78, 5) is 26.2. The Balaban J connectivity index is 1.57. The number of halogens is 1. The van der Waals surface area contributed by atoms with E-state index in [4.69, 9.17) is 14.2 Å². The van der Waals surface area contributed by atoms with E-state index in [-0.39, 0.29) is 24.0 Å². The summed E-state index contributed by atoms with van der Waals surface area (Å²) >= 11 is 3.25. The average molecular weight is 476 g/mol. The molecule has 1 N–H and O–H groups in total. The fraction of sp³-hybridized carbons (Fsp3) is 0.273. The van der Waals surface area contributed by atoms with Crippen molar-refractivity contribution < 1.29 is 28.9 Å². The molecule has 0 atom stereocenters. The SMILES string of the molecule is COc1cc(C=CC(=O)c2ccc(OCC(=O)N3CCOCC3)cc2)cc(Br)c1O. The second-order valence-corrected chi connectivity index (χ2v) is 7.41. The van der Waals surface area contributed by atoms with Gasteiger partial charge in [0.15, 0.2) is 23.9 Å². The summed E-state index contributed by atoms with van der Waals surface area (Å²) in [5.74, 6) is 0.559. The number of morpholine rings is 1. The van der Waals surface area contributed by atoms with E-state index in [1.165, 1.54) is 13.2 Å². The maximum absolute atomic E-state index is 12.4. The number of allylic oxidation sites excluding steroid dienone is 1. The average Bonchev–Trinajstić information content (AvgIpc) is 2.78. The van der Waals surface area contributed by atoms with Gasteiger partial charge in [0.1, 0.15) is 5.75 Å². The van der Waals surface area contributed by atoms with Gasteiger partial charge < -0.3 is 24.2 Å². The molecule has 0 unspecified atom stereocenters. The van der Waals surface area contributed by atoms with Crippen LogP contribution in [0.4, 0.5) is 0 Å². The van der Waals surface area contributed by atoms with Crippen molar-refractivity contribution in [1.82, 2.24) is 4.90 Å². The molecule has 0 aliphatic carbocycles. The minimum absolute atomic E-state index is 0.00340. The molecule has 7 nitrogen and oxygen atoms in total. The minimum atomic E-state index is -0.186. The van der Waals surface area contributed by atoms with Gasteiger partial charge in [0.25, 0.3) is 5.91 Å². The molecular formula is C22H22BrNO6.